The molecule has 1 unspecified atom stereocenters. The van der Waals surface area contributed by atoms with E-state index in [2.05, 4.69) is 14.6 Å². The van der Waals surface area contributed by atoms with Crippen LogP contribution >= 0.6 is 0 Å². The van der Waals surface area contributed by atoms with E-state index in [1.54, 1.807) is 47.5 Å². The van der Waals surface area contributed by atoms with E-state index in [1.807, 2.05) is 18.2 Å². The quantitative estimate of drug-likeness (QED) is 0.683. The maximum atomic E-state index is 13.8. The molecule has 1 aliphatic heterocycles. The maximum absolute atomic E-state index is 13.8. The van der Waals surface area contributed by atoms with E-state index in [4.69, 9.17) is 0 Å². The molecule has 8 heteroatoms. The third-order valence-electron chi connectivity index (χ3n) is 4.91. The molecule has 1 aliphatic rings. The van der Waals surface area contributed by atoms with Gasteiger partial charge in [0.05, 0.1) is 10.6 Å². The van der Waals surface area contributed by atoms with Crippen LogP contribution < -0.4 is 9.62 Å². The van der Waals surface area contributed by atoms with Crippen LogP contribution in [-0.2, 0) is 11.0 Å². The monoisotopic (exact) mass is 424 g/mol. The highest BCUT2D eigenvalue weighted by atomic mass is 32.2. The number of rotatable bonds is 5. The molecule has 154 valence electrons. The number of benzene rings is 2. The minimum atomic E-state index is -1.68. The summed E-state index contributed by atoms with van der Waals surface area (Å²) in [6.07, 6.45) is 1.76. The van der Waals surface area contributed by atoms with E-state index >= 15 is 0 Å². The number of carbonyl (C=O) groups is 1. The van der Waals surface area contributed by atoms with Gasteiger partial charge in [0.15, 0.2) is 0 Å². The van der Waals surface area contributed by atoms with Gasteiger partial charge in [0.1, 0.15) is 22.6 Å². The number of anilines is 2. The summed E-state index contributed by atoms with van der Waals surface area (Å²) in [5, 5.41) is 0. The Morgan fingerprint density at radius 3 is 2.47 bits per heavy atom. The van der Waals surface area contributed by atoms with Gasteiger partial charge in [0.2, 0.25) is 0 Å². The zero-order chi connectivity index (χ0) is 20.9. The summed E-state index contributed by atoms with van der Waals surface area (Å²) < 4.78 is 29.1. The molecular weight excluding hydrogens is 403 g/mol. The van der Waals surface area contributed by atoms with E-state index in [0.717, 1.165) is 5.82 Å². The summed E-state index contributed by atoms with van der Waals surface area (Å²) in [6.45, 7) is 2.55. The van der Waals surface area contributed by atoms with Gasteiger partial charge in [0.25, 0.3) is 5.91 Å². The third-order valence-corrected chi connectivity index (χ3v) is 6.00. The second-order valence-corrected chi connectivity index (χ2v) is 8.06. The Morgan fingerprint density at radius 1 is 0.967 bits per heavy atom. The smallest absolute Gasteiger partial charge is 0.254 e. The fourth-order valence-corrected chi connectivity index (χ4v) is 4.23. The number of hydrogen-bond acceptors (Lipinski definition) is 4. The van der Waals surface area contributed by atoms with E-state index in [0.29, 0.717) is 36.6 Å². The SMILES string of the molecule is O=C(c1cccc(S(=O)Nc2ccccc2F)c1)N1CCN(c2ccccn2)CC1. The summed E-state index contributed by atoms with van der Waals surface area (Å²) in [6, 6.07) is 18.5. The largest absolute Gasteiger partial charge is 0.353 e. The Morgan fingerprint density at radius 2 is 1.73 bits per heavy atom. The van der Waals surface area contributed by atoms with Crippen LogP contribution in [0.3, 0.4) is 0 Å². The number of hydrogen-bond donors (Lipinski definition) is 1. The average Bonchev–Trinajstić information content (AvgIpc) is 2.81. The van der Waals surface area contributed by atoms with E-state index < -0.39 is 16.8 Å². The minimum Gasteiger partial charge on any atom is -0.353 e. The van der Waals surface area contributed by atoms with Crippen LogP contribution in [0.4, 0.5) is 15.9 Å². The average molecular weight is 425 g/mol. The molecule has 3 aromatic rings. The lowest BCUT2D eigenvalue weighted by molar-refractivity contribution is 0.0746. The van der Waals surface area contributed by atoms with Crippen LogP contribution in [0.25, 0.3) is 0 Å². The molecule has 0 radical (unpaired) electrons. The molecule has 1 fully saturated rings. The first kappa shape index (κ1) is 20.0. The minimum absolute atomic E-state index is 0.111. The zero-order valence-electron chi connectivity index (χ0n) is 16.2. The van der Waals surface area contributed by atoms with Crippen LogP contribution in [-0.4, -0.2) is 46.2 Å². The summed E-state index contributed by atoms with van der Waals surface area (Å²) in [5.74, 6) is 0.311. The van der Waals surface area contributed by atoms with Crippen LogP contribution in [0.5, 0.6) is 0 Å². The number of nitrogens with one attached hydrogen (secondary N) is 1. The molecule has 0 bridgehead atoms. The highest BCUT2D eigenvalue weighted by Crippen LogP contribution is 2.19. The molecule has 1 aromatic heterocycles. The Bertz CT molecular complexity index is 1060. The second-order valence-electron chi connectivity index (χ2n) is 6.85. The first-order valence-corrected chi connectivity index (χ1v) is 10.7. The molecule has 2 aromatic carbocycles. The summed E-state index contributed by atoms with van der Waals surface area (Å²) in [4.78, 5) is 21.6. The number of para-hydroxylation sites is 1. The van der Waals surface area contributed by atoms with Crippen molar-refractivity contribution in [2.45, 2.75) is 4.90 Å². The number of halogens is 1. The Balaban J connectivity index is 1.42. The van der Waals surface area contributed by atoms with Crippen molar-refractivity contribution in [1.82, 2.24) is 9.88 Å². The van der Waals surface area contributed by atoms with Gasteiger partial charge in [-0.05, 0) is 42.5 Å². The number of piperazine rings is 1. The Labute approximate surface area is 176 Å². The molecule has 30 heavy (non-hydrogen) atoms. The topological polar surface area (TPSA) is 65.5 Å². The third kappa shape index (κ3) is 4.49. The van der Waals surface area contributed by atoms with Crippen molar-refractivity contribution in [2.75, 3.05) is 35.8 Å². The lowest BCUT2D eigenvalue weighted by atomic mass is 10.2. The second kappa shape index (κ2) is 9.04. The maximum Gasteiger partial charge on any atom is 0.254 e. The van der Waals surface area contributed by atoms with Gasteiger partial charge < -0.3 is 9.80 Å². The first-order chi connectivity index (χ1) is 14.6. The van der Waals surface area contributed by atoms with Gasteiger partial charge in [-0.15, -0.1) is 0 Å². The summed E-state index contributed by atoms with van der Waals surface area (Å²) >= 11 is 0. The molecule has 1 amide bonds. The Kier molecular flexibility index (Phi) is 6.04. The molecular formula is C22H21FN4O2S. The number of amides is 1. The van der Waals surface area contributed by atoms with E-state index in [-0.39, 0.29) is 11.6 Å². The van der Waals surface area contributed by atoms with E-state index in [1.165, 1.54) is 12.1 Å². The van der Waals surface area contributed by atoms with Crippen molar-refractivity contribution in [1.29, 1.82) is 0 Å². The molecule has 1 atom stereocenters. The van der Waals surface area contributed by atoms with Crippen molar-refractivity contribution < 1.29 is 13.4 Å². The van der Waals surface area contributed by atoms with Gasteiger partial charge in [-0.3, -0.25) is 9.52 Å². The van der Waals surface area contributed by atoms with Crippen molar-refractivity contribution in [3.05, 3.63) is 84.3 Å². The van der Waals surface area contributed by atoms with Gasteiger partial charge in [-0.2, -0.15) is 0 Å². The van der Waals surface area contributed by atoms with Crippen LogP contribution in [0, 0.1) is 5.82 Å². The number of nitrogens with zero attached hydrogens (tertiary/aromatic N) is 3. The highest BCUT2D eigenvalue weighted by molar-refractivity contribution is 7.86. The van der Waals surface area contributed by atoms with Crippen LogP contribution in [0.2, 0.25) is 0 Å². The molecule has 1 saturated heterocycles. The van der Waals surface area contributed by atoms with Gasteiger partial charge in [0, 0.05) is 37.9 Å². The lowest BCUT2D eigenvalue weighted by Crippen LogP contribution is -2.49. The zero-order valence-corrected chi connectivity index (χ0v) is 17.0. The fraction of sp³-hybridized carbons (Fsp3) is 0.182. The van der Waals surface area contributed by atoms with Gasteiger partial charge in [-0.25, -0.2) is 13.6 Å². The first-order valence-electron chi connectivity index (χ1n) is 9.60. The predicted molar refractivity (Wildman–Crippen MR) is 115 cm³/mol. The molecule has 1 N–H and O–H groups in total. The van der Waals surface area contributed by atoms with Crippen molar-refractivity contribution >= 4 is 28.4 Å². The number of carbonyl (C=O) groups excluding carboxylic acids is 1. The lowest BCUT2D eigenvalue weighted by Gasteiger charge is -2.35. The standard InChI is InChI=1S/C22H21FN4O2S/c23-19-8-1-2-9-20(19)25-30(29)18-7-5-6-17(16-18)22(28)27-14-12-26(13-15-27)21-10-3-4-11-24-21/h1-11,16,25H,12-15H2. The normalized spacial score (nSPS) is 15.0. The molecule has 6 nitrogen and oxygen atoms in total. The fourth-order valence-electron chi connectivity index (χ4n) is 3.31. The number of pyridine rings is 1. The molecule has 4 rings (SSSR count). The Hall–Kier alpha value is -3.26. The molecule has 0 saturated carbocycles. The molecule has 0 aliphatic carbocycles. The molecule has 2 heterocycles. The highest BCUT2D eigenvalue weighted by Gasteiger charge is 2.23. The van der Waals surface area contributed by atoms with E-state index in [9.17, 15) is 13.4 Å². The number of aromatic nitrogens is 1. The van der Waals surface area contributed by atoms with Gasteiger partial charge >= 0.3 is 0 Å². The van der Waals surface area contributed by atoms with Crippen molar-refractivity contribution in [3.63, 3.8) is 0 Å². The van der Waals surface area contributed by atoms with Gasteiger partial charge in [-0.1, -0.05) is 24.3 Å². The predicted octanol–water partition coefficient (Wildman–Crippen LogP) is 3.32. The van der Waals surface area contributed by atoms with Crippen LogP contribution in [0.15, 0.2) is 77.8 Å². The summed E-state index contributed by atoms with van der Waals surface area (Å²) in [5.41, 5.74) is 0.612. The van der Waals surface area contributed by atoms with Crippen molar-refractivity contribution in [2.24, 2.45) is 0 Å². The van der Waals surface area contributed by atoms with Crippen LogP contribution in [0.1, 0.15) is 10.4 Å². The molecule has 0 spiro atoms. The summed E-state index contributed by atoms with van der Waals surface area (Å²) in [7, 11) is -1.68. The van der Waals surface area contributed by atoms with Crippen molar-refractivity contribution in [3.8, 4) is 0 Å².